The van der Waals surface area contributed by atoms with Crippen LogP contribution in [0.4, 0.5) is 5.82 Å². The van der Waals surface area contributed by atoms with Crippen LogP contribution >= 0.6 is 11.6 Å². The van der Waals surface area contributed by atoms with Crippen LogP contribution in [0.15, 0.2) is 18.3 Å². The highest BCUT2D eigenvalue weighted by atomic mass is 35.5. The summed E-state index contributed by atoms with van der Waals surface area (Å²) in [6.07, 6.45) is 5.61. The fourth-order valence-electron chi connectivity index (χ4n) is 2.56. The second-order valence-corrected chi connectivity index (χ2v) is 5.51. The molecule has 5 nitrogen and oxygen atoms in total. The highest BCUT2D eigenvalue weighted by Gasteiger charge is 2.31. The van der Waals surface area contributed by atoms with Gasteiger partial charge in [-0.3, -0.25) is 9.59 Å². The third-order valence-corrected chi connectivity index (χ3v) is 3.71. The van der Waals surface area contributed by atoms with Gasteiger partial charge in [0.25, 0.3) is 0 Å². The summed E-state index contributed by atoms with van der Waals surface area (Å²) in [7, 11) is 0. The number of anilines is 1. The van der Waals surface area contributed by atoms with Crippen LogP contribution in [0.2, 0.25) is 5.02 Å². The predicted octanol–water partition coefficient (Wildman–Crippen LogP) is 2.37. The van der Waals surface area contributed by atoms with E-state index in [1.807, 2.05) is 0 Å². The minimum absolute atomic E-state index is 0.193. The van der Waals surface area contributed by atoms with Crippen molar-refractivity contribution < 1.29 is 9.59 Å². The van der Waals surface area contributed by atoms with E-state index in [9.17, 15) is 9.59 Å². The molecule has 2 rings (SSSR count). The van der Waals surface area contributed by atoms with Crippen molar-refractivity contribution in [3.8, 4) is 0 Å². The molecule has 108 valence electrons. The first-order valence-electron chi connectivity index (χ1n) is 6.76. The van der Waals surface area contributed by atoms with Gasteiger partial charge in [0.15, 0.2) is 0 Å². The van der Waals surface area contributed by atoms with Crippen molar-refractivity contribution in [1.82, 2.24) is 10.3 Å². The number of carbonyl (C=O) groups excluding carboxylic acids is 2. The van der Waals surface area contributed by atoms with Crippen LogP contribution in [0, 0.1) is 5.92 Å². The van der Waals surface area contributed by atoms with E-state index in [1.54, 1.807) is 12.1 Å². The second-order valence-electron chi connectivity index (χ2n) is 5.07. The first-order chi connectivity index (χ1) is 9.56. The molecule has 1 saturated carbocycles. The van der Waals surface area contributed by atoms with Crippen LogP contribution < -0.4 is 10.6 Å². The van der Waals surface area contributed by atoms with Crippen LogP contribution in [-0.2, 0) is 9.59 Å². The maximum atomic E-state index is 12.3. The van der Waals surface area contributed by atoms with Crippen LogP contribution in [0.5, 0.6) is 0 Å². The van der Waals surface area contributed by atoms with Gasteiger partial charge in [0, 0.05) is 13.1 Å². The van der Waals surface area contributed by atoms with Crippen molar-refractivity contribution in [3.05, 3.63) is 23.4 Å². The number of amides is 2. The van der Waals surface area contributed by atoms with E-state index in [0.29, 0.717) is 10.8 Å². The topological polar surface area (TPSA) is 71.1 Å². The zero-order valence-corrected chi connectivity index (χ0v) is 12.1. The molecule has 1 aromatic heterocycles. The molecular weight excluding hydrogens is 278 g/mol. The fourth-order valence-corrected chi connectivity index (χ4v) is 2.67. The molecule has 1 atom stereocenters. The summed E-state index contributed by atoms with van der Waals surface area (Å²) in [4.78, 5) is 27.6. The highest BCUT2D eigenvalue weighted by molar-refractivity contribution is 6.30. The monoisotopic (exact) mass is 295 g/mol. The first kappa shape index (κ1) is 14.8. The van der Waals surface area contributed by atoms with Crippen LogP contribution in [0.25, 0.3) is 0 Å². The van der Waals surface area contributed by atoms with E-state index < -0.39 is 6.04 Å². The highest BCUT2D eigenvalue weighted by Crippen LogP contribution is 2.28. The number of aromatic nitrogens is 1. The van der Waals surface area contributed by atoms with Crippen molar-refractivity contribution in [2.24, 2.45) is 5.92 Å². The van der Waals surface area contributed by atoms with Gasteiger partial charge in [-0.05, 0) is 30.9 Å². The Kier molecular flexibility index (Phi) is 4.95. The Morgan fingerprint density at radius 1 is 1.35 bits per heavy atom. The summed E-state index contributed by atoms with van der Waals surface area (Å²) in [6, 6.07) is 2.81. The fraction of sp³-hybridized carbons (Fsp3) is 0.500. The van der Waals surface area contributed by atoms with Crippen molar-refractivity contribution in [1.29, 1.82) is 0 Å². The van der Waals surface area contributed by atoms with Gasteiger partial charge in [0.05, 0.1) is 5.02 Å². The van der Waals surface area contributed by atoms with E-state index in [4.69, 9.17) is 11.6 Å². The average Bonchev–Trinajstić information content (AvgIpc) is 2.92. The summed E-state index contributed by atoms with van der Waals surface area (Å²) in [5, 5.41) is 5.99. The van der Waals surface area contributed by atoms with E-state index in [-0.39, 0.29) is 17.7 Å². The Morgan fingerprint density at radius 2 is 2.05 bits per heavy atom. The molecular formula is C14H18ClN3O2. The van der Waals surface area contributed by atoms with E-state index in [0.717, 1.165) is 25.7 Å². The van der Waals surface area contributed by atoms with Gasteiger partial charge in [0.1, 0.15) is 11.9 Å². The number of pyridine rings is 1. The molecule has 0 aromatic carbocycles. The van der Waals surface area contributed by atoms with Gasteiger partial charge in [-0.15, -0.1) is 0 Å². The van der Waals surface area contributed by atoms with Crippen molar-refractivity contribution in [2.75, 3.05) is 5.32 Å². The van der Waals surface area contributed by atoms with Gasteiger partial charge in [-0.2, -0.15) is 0 Å². The number of hydrogen-bond acceptors (Lipinski definition) is 3. The molecule has 6 heteroatoms. The summed E-state index contributed by atoms with van der Waals surface area (Å²) in [6.45, 7) is 1.43. The van der Waals surface area contributed by atoms with Crippen molar-refractivity contribution >= 4 is 29.2 Å². The molecule has 0 spiro atoms. The number of carbonyl (C=O) groups is 2. The number of halogens is 1. The van der Waals surface area contributed by atoms with Gasteiger partial charge in [-0.25, -0.2) is 4.98 Å². The quantitative estimate of drug-likeness (QED) is 0.896. The molecule has 0 bridgehead atoms. The number of nitrogens with zero attached hydrogens (tertiary/aromatic N) is 1. The molecule has 0 radical (unpaired) electrons. The van der Waals surface area contributed by atoms with E-state index in [2.05, 4.69) is 15.6 Å². The zero-order valence-electron chi connectivity index (χ0n) is 11.4. The lowest BCUT2D eigenvalue weighted by Gasteiger charge is -2.23. The molecule has 1 fully saturated rings. The minimum atomic E-state index is -0.493. The molecule has 0 saturated heterocycles. The molecule has 1 aromatic rings. The summed E-state index contributed by atoms with van der Waals surface area (Å²) < 4.78 is 0. The molecule has 1 heterocycles. The summed E-state index contributed by atoms with van der Waals surface area (Å²) in [5.41, 5.74) is 0. The smallest absolute Gasteiger partial charge is 0.248 e. The molecule has 0 aliphatic heterocycles. The Labute approximate surface area is 123 Å². The van der Waals surface area contributed by atoms with E-state index in [1.165, 1.54) is 13.1 Å². The number of nitrogens with one attached hydrogen (secondary N) is 2. The van der Waals surface area contributed by atoms with Gasteiger partial charge in [0.2, 0.25) is 11.8 Å². The maximum absolute atomic E-state index is 12.3. The summed E-state index contributed by atoms with van der Waals surface area (Å²) in [5.74, 6) is 0.224. The van der Waals surface area contributed by atoms with Gasteiger partial charge >= 0.3 is 0 Å². The molecule has 1 aliphatic rings. The maximum Gasteiger partial charge on any atom is 0.248 e. The largest absolute Gasteiger partial charge is 0.344 e. The molecule has 1 unspecified atom stereocenters. The second kappa shape index (κ2) is 6.70. The number of rotatable bonds is 4. The van der Waals surface area contributed by atoms with Crippen LogP contribution in [0.3, 0.4) is 0 Å². The lowest BCUT2D eigenvalue weighted by atomic mass is 9.97. The SMILES string of the molecule is CC(=O)NC(C(=O)Nc1ccc(Cl)cn1)C1CCCC1. The van der Waals surface area contributed by atoms with Crippen LogP contribution in [0.1, 0.15) is 32.6 Å². The standard InChI is InChI=1S/C14H18ClN3O2/c1-9(19)17-13(10-4-2-3-5-10)14(20)18-12-7-6-11(15)8-16-12/h6-8,10,13H,2-5H2,1H3,(H,17,19)(H,16,18,20). The first-order valence-corrected chi connectivity index (χ1v) is 7.13. The van der Waals surface area contributed by atoms with Gasteiger partial charge in [-0.1, -0.05) is 24.4 Å². The van der Waals surface area contributed by atoms with Gasteiger partial charge < -0.3 is 10.6 Å². The molecule has 2 N–H and O–H groups in total. The Morgan fingerprint density at radius 3 is 2.60 bits per heavy atom. The van der Waals surface area contributed by atoms with E-state index >= 15 is 0 Å². The Balaban J connectivity index is 2.05. The molecule has 20 heavy (non-hydrogen) atoms. The normalized spacial score (nSPS) is 16.7. The molecule has 1 aliphatic carbocycles. The lowest BCUT2D eigenvalue weighted by Crippen LogP contribution is -2.47. The van der Waals surface area contributed by atoms with Crippen molar-refractivity contribution in [3.63, 3.8) is 0 Å². The van der Waals surface area contributed by atoms with Crippen LogP contribution in [-0.4, -0.2) is 22.8 Å². The average molecular weight is 296 g/mol. The third-order valence-electron chi connectivity index (χ3n) is 3.49. The zero-order chi connectivity index (χ0) is 14.5. The summed E-state index contributed by atoms with van der Waals surface area (Å²) >= 11 is 5.75. The lowest BCUT2D eigenvalue weighted by molar-refractivity contribution is -0.126. The predicted molar refractivity (Wildman–Crippen MR) is 77.4 cm³/mol. The number of hydrogen-bond donors (Lipinski definition) is 2. The third kappa shape index (κ3) is 3.93. The minimum Gasteiger partial charge on any atom is -0.344 e. The Bertz CT molecular complexity index is 484. The Hall–Kier alpha value is -1.62. The molecule has 2 amide bonds. The van der Waals surface area contributed by atoms with Crippen molar-refractivity contribution in [2.45, 2.75) is 38.6 Å².